The minimum absolute atomic E-state index is 0.561. The molecule has 0 aliphatic carbocycles. The highest BCUT2D eigenvalue weighted by Crippen LogP contribution is 2.18. The first kappa shape index (κ1) is 17.1. The molecule has 0 atom stereocenters. The van der Waals surface area contributed by atoms with E-state index in [2.05, 4.69) is 17.0 Å². The number of rotatable bonds is 10. The van der Waals surface area contributed by atoms with Crippen molar-refractivity contribution >= 4 is 14.5 Å². The highest BCUT2D eigenvalue weighted by Gasteiger charge is 2.37. The van der Waals surface area contributed by atoms with Crippen LogP contribution >= 0.6 is 0 Å². The summed E-state index contributed by atoms with van der Waals surface area (Å²) >= 11 is 0. The third-order valence-corrected chi connectivity index (χ3v) is 6.08. The molecule has 114 valence electrons. The van der Waals surface area contributed by atoms with Gasteiger partial charge in [-0.05, 0) is 18.6 Å². The number of methoxy groups -OCH3 is 1. The second-order valence-electron chi connectivity index (χ2n) is 4.42. The first-order chi connectivity index (χ1) is 9.71. The van der Waals surface area contributed by atoms with Crippen LogP contribution in [0.25, 0.3) is 0 Å². The molecular formula is C14H25NO4Si. The molecule has 0 spiro atoms. The number of hydrogen-bond donors (Lipinski definition) is 0. The summed E-state index contributed by atoms with van der Waals surface area (Å²) in [4.78, 5) is 2.18. The summed E-state index contributed by atoms with van der Waals surface area (Å²) in [5.41, 5.74) is 1.15. The number of ether oxygens (including phenoxy) is 1. The van der Waals surface area contributed by atoms with Crippen LogP contribution in [0.3, 0.4) is 0 Å². The van der Waals surface area contributed by atoms with Gasteiger partial charge in [-0.25, -0.2) is 0 Å². The molecule has 1 aromatic rings. The Morgan fingerprint density at radius 3 is 2.05 bits per heavy atom. The van der Waals surface area contributed by atoms with E-state index in [4.69, 9.17) is 18.0 Å². The molecule has 0 radical (unpaired) electrons. The van der Waals surface area contributed by atoms with E-state index in [1.54, 1.807) is 28.4 Å². The molecule has 0 heterocycles. The number of benzene rings is 1. The van der Waals surface area contributed by atoms with Gasteiger partial charge in [0.1, 0.15) is 6.73 Å². The SMILES string of the molecule is COCN(CCC[Si](OC)(OC)OC)c1ccccc1. The van der Waals surface area contributed by atoms with E-state index in [1.165, 1.54) is 0 Å². The van der Waals surface area contributed by atoms with Crippen molar-refractivity contribution in [1.82, 2.24) is 0 Å². The van der Waals surface area contributed by atoms with Crippen LogP contribution in [0.1, 0.15) is 6.42 Å². The second kappa shape index (κ2) is 9.09. The third kappa shape index (κ3) is 4.88. The lowest BCUT2D eigenvalue weighted by atomic mass is 10.3. The fraction of sp³-hybridized carbons (Fsp3) is 0.571. The average Bonchev–Trinajstić information content (AvgIpc) is 2.52. The molecule has 5 nitrogen and oxygen atoms in total. The van der Waals surface area contributed by atoms with Gasteiger partial charge in [0.25, 0.3) is 0 Å². The Bertz CT molecular complexity index is 351. The summed E-state index contributed by atoms with van der Waals surface area (Å²) in [6.45, 7) is 1.42. The quantitative estimate of drug-likeness (QED) is 0.490. The summed E-state index contributed by atoms with van der Waals surface area (Å²) in [6, 6.07) is 11.0. The minimum Gasteiger partial charge on any atom is -0.377 e. The number of hydrogen-bond acceptors (Lipinski definition) is 5. The summed E-state index contributed by atoms with van der Waals surface area (Å²) in [7, 11) is 4.15. The molecule has 0 fully saturated rings. The van der Waals surface area contributed by atoms with E-state index in [1.807, 2.05) is 18.2 Å². The summed E-state index contributed by atoms with van der Waals surface area (Å²) < 4.78 is 21.5. The Morgan fingerprint density at radius 1 is 0.950 bits per heavy atom. The lowest BCUT2D eigenvalue weighted by Gasteiger charge is -2.27. The fourth-order valence-corrected chi connectivity index (χ4v) is 3.81. The van der Waals surface area contributed by atoms with E-state index in [0.717, 1.165) is 24.7 Å². The fourth-order valence-electron chi connectivity index (χ4n) is 2.11. The Hall–Kier alpha value is -0.923. The van der Waals surface area contributed by atoms with Crippen LogP contribution in [-0.4, -0.2) is 50.5 Å². The molecule has 6 heteroatoms. The van der Waals surface area contributed by atoms with Gasteiger partial charge in [-0.3, -0.25) is 0 Å². The number of para-hydroxylation sites is 1. The van der Waals surface area contributed by atoms with E-state index in [9.17, 15) is 0 Å². The maximum absolute atomic E-state index is 5.43. The molecule has 0 aliphatic rings. The predicted octanol–water partition coefficient (Wildman–Crippen LogP) is 2.37. The van der Waals surface area contributed by atoms with Gasteiger partial charge in [0.15, 0.2) is 0 Å². The average molecular weight is 299 g/mol. The lowest BCUT2D eigenvalue weighted by Crippen LogP contribution is -2.43. The molecular weight excluding hydrogens is 274 g/mol. The van der Waals surface area contributed by atoms with Gasteiger partial charge in [0.05, 0.1) is 0 Å². The zero-order valence-corrected chi connectivity index (χ0v) is 13.8. The second-order valence-corrected chi connectivity index (χ2v) is 7.51. The van der Waals surface area contributed by atoms with Crippen molar-refractivity contribution in [2.24, 2.45) is 0 Å². The van der Waals surface area contributed by atoms with Crippen LogP contribution in [0.4, 0.5) is 5.69 Å². The first-order valence-corrected chi connectivity index (χ1v) is 8.59. The van der Waals surface area contributed by atoms with E-state index in [0.29, 0.717) is 6.73 Å². The van der Waals surface area contributed by atoms with E-state index < -0.39 is 8.80 Å². The van der Waals surface area contributed by atoms with E-state index in [-0.39, 0.29) is 0 Å². The standard InChI is InChI=1S/C14H25NO4Si/c1-16-13-15(14-9-6-5-7-10-14)11-8-12-20(17-2,18-3)19-4/h5-7,9-10H,8,11-13H2,1-4H3. The largest absolute Gasteiger partial charge is 0.500 e. The zero-order chi connectivity index (χ0) is 14.8. The molecule has 0 aliphatic heterocycles. The van der Waals surface area contributed by atoms with Crippen molar-refractivity contribution in [2.75, 3.05) is 46.6 Å². The molecule has 0 aromatic heterocycles. The normalized spacial score (nSPS) is 11.6. The molecule has 0 bridgehead atoms. The molecule has 0 saturated heterocycles. The van der Waals surface area contributed by atoms with Gasteiger partial charge in [-0.2, -0.15) is 0 Å². The maximum atomic E-state index is 5.43. The summed E-state index contributed by atoms with van der Waals surface area (Å²) in [5.74, 6) is 0. The van der Waals surface area contributed by atoms with Gasteiger partial charge in [-0.15, -0.1) is 0 Å². The van der Waals surface area contributed by atoms with Crippen molar-refractivity contribution in [3.8, 4) is 0 Å². The predicted molar refractivity (Wildman–Crippen MR) is 81.9 cm³/mol. The Balaban J connectivity index is 2.56. The van der Waals surface area contributed by atoms with Crippen LogP contribution in [0.2, 0.25) is 6.04 Å². The first-order valence-electron chi connectivity index (χ1n) is 6.65. The molecule has 1 rings (SSSR count). The zero-order valence-electron chi connectivity index (χ0n) is 12.8. The Labute approximate surface area is 122 Å². The van der Waals surface area contributed by atoms with Gasteiger partial charge in [0, 0.05) is 46.7 Å². The third-order valence-electron chi connectivity index (χ3n) is 3.25. The number of nitrogens with zero attached hydrogens (tertiary/aromatic N) is 1. The highest BCUT2D eigenvalue weighted by molar-refractivity contribution is 6.60. The summed E-state index contributed by atoms with van der Waals surface area (Å²) in [5, 5.41) is 0. The van der Waals surface area contributed by atoms with Gasteiger partial charge in [-0.1, -0.05) is 18.2 Å². The van der Waals surface area contributed by atoms with Crippen LogP contribution in [0, 0.1) is 0 Å². The molecule has 1 aromatic carbocycles. The van der Waals surface area contributed by atoms with Crippen LogP contribution in [0.15, 0.2) is 30.3 Å². The molecule has 0 N–H and O–H groups in total. The van der Waals surface area contributed by atoms with Gasteiger partial charge >= 0.3 is 8.80 Å². The van der Waals surface area contributed by atoms with Crippen molar-refractivity contribution in [3.05, 3.63) is 30.3 Å². The van der Waals surface area contributed by atoms with Crippen molar-refractivity contribution in [2.45, 2.75) is 12.5 Å². The van der Waals surface area contributed by atoms with Crippen molar-refractivity contribution in [3.63, 3.8) is 0 Å². The minimum atomic E-state index is -2.48. The number of anilines is 1. The highest BCUT2D eigenvalue weighted by atomic mass is 28.4. The van der Waals surface area contributed by atoms with Crippen molar-refractivity contribution < 1.29 is 18.0 Å². The smallest absolute Gasteiger partial charge is 0.377 e. The maximum Gasteiger partial charge on any atom is 0.500 e. The van der Waals surface area contributed by atoms with Crippen LogP contribution < -0.4 is 4.90 Å². The monoisotopic (exact) mass is 299 g/mol. The molecule has 0 unspecified atom stereocenters. The van der Waals surface area contributed by atoms with Crippen LogP contribution in [0.5, 0.6) is 0 Å². The van der Waals surface area contributed by atoms with Gasteiger partial charge in [0.2, 0.25) is 0 Å². The molecule has 20 heavy (non-hydrogen) atoms. The lowest BCUT2D eigenvalue weighted by molar-refractivity contribution is 0.122. The van der Waals surface area contributed by atoms with Crippen LogP contribution in [-0.2, 0) is 18.0 Å². The van der Waals surface area contributed by atoms with Gasteiger partial charge < -0.3 is 22.9 Å². The Kier molecular flexibility index (Phi) is 7.79. The molecule has 0 amide bonds. The Morgan fingerprint density at radius 2 is 1.55 bits per heavy atom. The summed E-state index contributed by atoms with van der Waals surface area (Å²) in [6.07, 6.45) is 0.917. The topological polar surface area (TPSA) is 40.2 Å². The van der Waals surface area contributed by atoms with Crippen molar-refractivity contribution in [1.29, 1.82) is 0 Å². The van der Waals surface area contributed by atoms with E-state index >= 15 is 0 Å². The molecule has 0 saturated carbocycles.